The second-order valence-corrected chi connectivity index (χ2v) is 10.8. The number of rotatable bonds is 8. The Morgan fingerprint density at radius 1 is 1.09 bits per heavy atom. The minimum absolute atomic E-state index is 0.117. The second-order valence-electron chi connectivity index (χ2n) is 10.8. The number of hydrogen-bond donors (Lipinski definition) is 1. The van der Waals surface area contributed by atoms with Crippen molar-refractivity contribution in [2.24, 2.45) is 5.92 Å². The van der Waals surface area contributed by atoms with E-state index < -0.39 is 5.97 Å². The van der Waals surface area contributed by atoms with Gasteiger partial charge in [-0.25, -0.2) is 4.39 Å². The summed E-state index contributed by atoms with van der Waals surface area (Å²) in [5.41, 5.74) is 2.15. The number of carbonyl (C=O) groups excluding carboxylic acids is 1. The molecule has 0 radical (unpaired) electrons. The van der Waals surface area contributed by atoms with Crippen LogP contribution in [-0.4, -0.2) is 71.6 Å². The lowest BCUT2D eigenvalue weighted by atomic mass is 9.87. The summed E-state index contributed by atoms with van der Waals surface area (Å²) in [5.74, 6) is -0.790. The van der Waals surface area contributed by atoms with Crippen molar-refractivity contribution in [1.29, 1.82) is 0 Å². The Bertz CT molecular complexity index is 838. The average molecular weight is 476 g/mol. The Balaban J connectivity index is 1.55. The molecule has 0 aliphatic carbocycles. The molecule has 0 spiro atoms. The third-order valence-electron chi connectivity index (χ3n) is 7.61. The third kappa shape index (κ3) is 6.71. The van der Waals surface area contributed by atoms with Gasteiger partial charge in [0.15, 0.2) is 0 Å². The normalized spacial score (nSPS) is 18.5. The van der Waals surface area contributed by atoms with Crippen LogP contribution < -0.4 is 4.90 Å². The van der Waals surface area contributed by atoms with Crippen LogP contribution in [0.15, 0.2) is 18.2 Å². The maximum absolute atomic E-state index is 14.1. The van der Waals surface area contributed by atoms with E-state index in [-0.39, 0.29) is 29.1 Å². The number of carboxylic acid groups (broad SMARTS) is 1. The third-order valence-corrected chi connectivity index (χ3v) is 7.61. The Kier molecular flexibility index (Phi) is 8.96. The molecule has 7 heteroatoms. The quantitative estimate of drug-likeness (QED) is 0.589. The molecule has 0 atom stereocenters. The van der Waals surface area contributed by atoms with Crippen LogP contribution in [0.2, 0.25) is 0 Å². The Morgan fingerprint density at radius 3 is 2.29 bits per heavy atom. The van der Waals surface area contributed by atoms with Gasteiger partial charge in [-0.2, -0.15) is 0 Å². The number of likely N-dealkylation sites (tertiary alicyclic amines) is 1. The number of benzene rings is 1. The second kappa shape index (κ2) is 11.5. The van der Waals surface area contributed by atoms with Crippen LogP contribution in [0.4, 0.5) is 10.1 Å². The fraction of sp³-hybridized carbons (Fsp3) is 0.704. The van der Waals surface area contributed by atoms with Crippen LogP contribution in [0, 0.1) is 11.7 Å². The van der Waals surface area contributed by atoms with E-state index in [2.05, 4.69) is 37.5 Å². The van der Waals surface area contributed by atoms with E-state index in [1.54, 1.807) is 6.07 Å². The fourth-order valence-electron chi connectivity index (χ4n) is 5.49. The number of halogens is 1. The number of nitrogens with zero attached hydrogens (tertiary/aromatic N) is 3. The lowest BCUT2D eigenvalue weighted by Crippen LogP contribution is -2.42. The predicted octanol–water partition coefficient (Wildman–Crippen LogP) is 4.73. The summed E-state index contributed by atoms with van der Waals surface area (Å²) in [7, 11) is 0. The summed E-state index contributed by atoms with van der Waals surface area (Å²) >= 11 is 0. The van der Waals surface area contributed by atoms with Crippen molar-refractivity contribution in [3.63, 3.8) is 0 Å². The molecule has 0 unspecified atom stereocenters. The zero-order chi connectivity index (χ0) is 24.9. The fourth-order valence-corrected chi connectivity index (χ4v) is 5.49. The maximum Gasteiger partial charge on any atom is 0.306 e. The molecule has 1 aromatic rings. The first-order valence-corrected chi connectivity index (χ1v) is 12.9. The van der Waals surface area contributed by atoms with Gasteiger partial charge in [-0.1, -0.05) is 13.0 Å². The molecule has 34 heavy (non-hydrogen) atoms. The summed E-state index contributed by atoms with van der Waals surface area (Å²) in [4.78, 5) is 30.6. The molecule has 2 saturated heterocycles. The molecule has 6 nitrogen and oxygen atoms in total. The first kappa shape index (κ1) is 26.5. The number of aliphatic carboxylic acids is 1. The Hall–Kier alpha value is -2.15. The summed E-state index contributed by atoms with van der Waals surface area (Å²) in [5, 5.41) is 9.28. The van der Waals surface area contributed by atoms with Gasteiger partial charge in [-0.05, 0) is 89.6 Å². The van der Waals surface area contributed by atoms with Gasteiger partial charge in [0.1, 0.15) is 5.82 Å². The summed E-state index contributed by atoms with van der Waals surface area (Å²) in [6.45, 7) is 13.4. The smallest absolute Gasteiger partial charge is 0.306 e. The first-order valence-electron chi connectivity index (χ1n) is 12.9. The van der Waals surface area contributed by atoms with Gasteiger partial charge in [0, 0.05) is 43.8 Å². The molecular formula is C27H42FN3O3. The number of piperidine rings is 2. The van der Waals surface area contributed by atoms with Crippen LogP contribution in [0.1, 0.15) is 77.7 Å². The Labute approximate surface area is 204 Å². The van der Waals surface area contributed by atoms with Crippen molar-refractivity contribution < 1.29 is 19.1 Å². The Morgan fingerprint density at radius 2 is 1.74 bits per heavy atom. The molecule has 2 heterocycles. The van der Waals surface area contributed by atoms with E-state index in [1.807, 2.05) is 11.0 Å². The molecular weight excluding hydrogens is 433 g/mol. The molecule has 0 bridgehead atoms. The lowest BCUT2D eigenvalue weighted by molar-refractivity contribution is -0.142. The molecule has 0 aromatic heterocycles. The van der Waals surface area contributed by atoms with Gasteiger partial charge in [0.2, 0.25) is 5.91 Å². The molecule has 2 fully saturated rings. The van der Waals surface area contributed by atoms with E-state index in [4.69, 9.17) is 0 Å². The summed E-state index contributed by atoms with van der Waals surface area (Å²) in [6.07, 6.45) is 4.37. The molecule has 190 valence electrons. The number of carbonyl (C=O) groups is 2. The highest BCUT2D eigenvalue weighted by atomic mass is 19.1. The minimum atomic E-state index is -0.739. The van der Waals surface area contributed by atoms with Gasteiger partial charge in [-0.3, -0.25) is 14.5 Å². The zero-order valence-electron chi connectivity index (χ0n) is 21.4. The highest BCUT2D eigenvalue weighted by Crippen LogP contribution is 2.37. The molecule has 0 saturated carbocycles. The molecule has 1 N–H and O–H groups in total. The summed E-state index contributed by atoms with van der Waals surface area (Å²) < 4.78 is 14.1. The standard InChI is InChI=1S/C27H42FN3O3/c1-5-31(27(2,3)4)14-6-7-25(32)30-17-10-20(11-18-30)23-9-8-22(28)19-24(23)29-15-12-21(13-16-29)26(33)34/h8-9,19-21H,5-7,10-18H2,1-4H3,(H,33,34). The highest BCUT2D eigenvalue weighted by molar-refractivity contribution is 5.76. The van der Waals surface area contributed by atoms with Gasteiger partial charge in [0.05, 0.1) is 5.92 Å². The van der Waals surface area contributed by atoms with Crippen LogP contribution in [0.5, 0.6) is 0 Å². The molecule has 2 aliphatic heterocycles. The van der Waals surface area contributed by atoms with Crippen molar-refractivity contribution in [3.05, 3.63) is 29.6 Å². The van der Waals surface area contributed by atoms with Crippen molar-refractivity contribution >= 4 is 17.6 Å². The van der Waals surface area contributed by atoms with Crippen LogP contribution in [-0.2, 0) is 9.59 Å². The van der Waals surface area contributed by atoms with Gasteiger partial charge in [0.25, 0.3) is 0 Å². The average Bonchev–Trinajstić information content (AvgIpc) is 2.81. The van der Waals surface area contributed by atoms with E-state index in [0.717, 1.165) is 56.7 Å². The summed E-state index contributed by atoms with van der Waals surface area (Å²) in [6, 6.07) is 5.01. The van der Waals surface area contributed by atoms with E-state index >= 15 is 0 Å². The van der Waals surface area contributed by atoms with Crippen molar-refractivity contribution in [3.8, 4) is 0 Å². The monoisotopic (exact) mass is 475 g/mol. The van der Waals surface area contributed by atoms with Crippen LogP contribution in [0.25, 0.3) is 0 Å². The van der Waals surface area contributed by atoms with E-state index in [0.29, 0.717) is 32.4 Å². The maximum atomic E-state index is 14.1. The first-order chi connectivity index (χ1) is 16.1. The van der Waals surface area contributed by atoms with Crippen molar-refractivity contribution in [2.75, 3.05) is 44.2 Å². The molecule has 1 aromatic carbocycles. The SMILES string of the molecule is CCN(CCCC(=O)N1CCC(c2ccc(F)cc2N2CCC(C(=O)O)CC2)CC1)C(C)(C)C. The van der Waals surface area contributed by atoms with Gasteiger partial charge in [-0.15, -0.1) is 0 Å². The van der Waals surface area contributed by atoms with Crippen LogP contribution in [0.3, 0.4) is 0 Å². The number of anilines is 1. The van der Waals surface area contributed by atoms with Gasteiger partial charge >= 0.3 is 5.97 Å². The molecule has 2 aliphatic rings. The number of hydrogen-bond acceptors (Lipinski definition) is 4. The van der Waals surface area contributed by atoms with E-state index in [9.17, 15) is 19.1 Å². The van der Waals surface area contributed by atoms with E-state index in [1.165, 1.54) is 6.07 Å². The predicted molar refractivity (Wildman–Crippen MR) is 134 cm³/mol. The van der Waals surface area contributed by atoms with Crippen molar-refractivity contribution in [2.45, 2.75) is 77.7 Å². The molecule has 1 amide bonds. The number of carboxylic acids is 1. The number of amides is 1. The molecule has 3 rings (SSSR count). The zero-order valence-corrected chi connectivity index (χ0v) is 21.4. The minimum Gasteiger partial charge on any atom is -0.481 e. The highest BCUT2D eigenvalue weighted by Gasteiger charge is 2.30. The lowest BCUT2D eigenvalue weighted by Gasteiger charge is -2.37. The van der Waals surface area contributed by atoms with Gasteiger partial charge < -0.3 is 14.9 Å². The van der Waals surface area contributed by atoms with Crippen LogP contribution >= 0.6 is 0 Å². The largest absolute Gasteiger partial charge is 0.481 e. The van der Waals surface area contributed by atoms with Crippen molar-refractivity contribution in [1.82, 2.24) is 9.80 Å². The topological polar surface area (TPSA) is 64.1 Å².